The molecule has 0 spiro atoms. The first-order valence-corrected chi connectivity index (χ1v) is 14.2. The number of pyridine rings is 1. The number of hydrogen-bond acceptors (Lipinski definition) is 6. The van der Waals surface area contributed by atoms with Crippen LogP contribution in [0.15, 0.2) is 85.3 Å². The second kappa shape index (κ2) is 12.2. The number of rotatable bonds is 9. The van der Waals surface area contributed by atoms with Gasteiger partial charge in [0, 0.05) is 44.9 Å². The van der Waals surface area contributed by atoms with Crippen LogP contribution in [0.4, 0.5) is 0 Å². The number of amides is 1. The first-order valence-electron chi connectivity index (χ1n) is 12.0. The first kappa shape index (κ1) is 27.2. The van der Waals surface area contributed by atoms with Crippen molar-refractivity contribution in [2.75, 3.05) is 14.2 Å². The Morgan fingerprint density at radius 3 is 2.38 bits per heavy atom. The molecule has 3 heterocycles. The molecular formula is C29H24ClIN4O3S. The fraction of sp³-hybridized carbons (Fsp3) is 0.138. The molecule has 0 fully saturated rings. The minimum absolute atomic E-state index is 0.132. The molecule has 0 atom stereocenters. The van der Waals surface area contributed by atoms with Crippen LogP contribution in [0.2, 0.25) is 4.34 Å². The van der Waals surface area contributed by atoms with Crippen molar-refractivity contribution in [1.29, 1.82) is 0 Å². The highest BCUT2D eigenvalue weighted by atomic mass is 127. The van der Waals surface area contributed by atoms with Crippen molar-refractivity contribution in [1.82, 2.24) is 19.7 Å². The van der Waals surface area contributed by atoms with E-state index in [0.717, 1.165) is 31.6 Å². The molecule has 2 aromatic carbocycles. The number of carbonyl (C=O) groups is 1. The van der Waals surface area contributed by atoms with Gasteiger partial charge in [0.25, 0.3) is 5.91 Å². The maximum absolute atomic E-state index is 13.8. The van der Waals surface area contributed by atoms with E-state index in [1.807, 2.05) is 65.5 Å². The molecule has 5 aromatic rings. The number of aromatic nitrogens is 3. The number of thiophene rings is 1. The highest BCUT2D eigenvalue weighted by molar-refractivity contribution is 14.1. The standard InChI is InChI=1S/C29H24ClIN4O3S/c1-37-24-8-3-20(25(15-24)38-2)16-34(29(36)26-9-10-27(30)39-26)17-21-18-35(23-6-4-22(31)5-7-23)33-28(21)19-11-13-32-14-12-19/h3-15,18H,16-17H2,1-2H3. The fourth-order valence-corrected chi connectivity index (χ4v) is 5.55. The Morgan fingerprint density at radius 1 is 0.974 bits per heavy atom. The van der Waals surface area contributed by atoms with E-state index in [4.69, 9.17) is 26.2 Å². The number of hydrogen-bond donors (Lipinski definition) is 0. The van der Waals surface area contributed by atoms with Crippen molar-refractivity contribution >= 4 is 51.4 Å². The van der Waals surface area contributed by atoms with Crippen molar-refractivity contribution in [3.8, 4) is 28.4 Å². The van der Waals surface area contributed by atoms with E-state index >= 15 is 0 Å². The largest absolute Gasteiger partial charge is 0.497 e. The van der Waals surface area contributed by atoms with Crippen molar-refractivity contribution < 1.29 is 14.3 Å². The molecule has 1 amide bonds. The van der Waals surface area contributed by atoms with Gasteiger partial charge in [-0.05, 0) is 83.3 Å². The molecule has 198 valence electrons. The van der Waals surface area contributed by atoms with Gasteiger partial charge >= 0.3 is 0 Å². The molecular weight excluding hydrogens is 647 g/mol. The number of benzene rings is 2. The Kier molecular flexibility index (Phi) is 8.49. The lowest BCUT2D eigenvalue weighted by molar-refractivity contribution is 0.0734. The molecule has 0 saturated carbocycles. The topological polar surface area (TPSA) is 69.5 Å². The third-order valence-electron chi connectivity index (χ3n) is 6.12. The van der Waals surface area contributed by atoms with Crippen molar-refractivity contribution in [3.05, 3.63) is 109 Å². The average molecular weight is 671 g/mol. The zero-order valence-electron chi connectivity index (χ0n) is 21.2. The number of nitrogens with zero attached hydrogens (tertiary/aromatic N) is 4. The number of methoxy groups -OCH3 is 2. The van der Waals surface area contributed by atoms with Gasteiger partial charge in [-0.1, -0.05) is 11.6 Å². The molecule has 0 radical (unpaired) electrons. The SMILES string of the molecule is COc1ccc(CN(Cc2cn(-c3ccc(I)cc3)nc2-c2ccncc2)C(=O)c2ccc(Cl)s2)c(OC)c1. The molecule has 0 saturated heterocycles. The smallest absolute Gasteiger partial charge is 0.264 e. The quantitative estimate of drug-likeness (QED) is 0.156. The van der Waals surface area contributed by atoms with Crippen LogP contribution in [0.3, 0.4) is 0 Å². The molecule has 0 unspecified atom stereocenters. The molecule has 0 bridgehead atoms. The minimum atomic E-state index is -0.132. The maximum atomic E-state index is 13.8. The van der Waals surface area contributed by atoms with Gasteiger partial charge in [0.05, 0.1) is 47.9 Å². The molecule has 0 aliphatic carbocycles. The lowest BCUT2D eigenvalue weighted by Crippen LogP contribution is -2.29. The molecule has 10 heteroatoms. The Morgan fingerprint density at radius 2 is 1.72 bits per heavy atom. The van der Waals surface area contributed by atoms with Crippen LogP contribution in [0.1, 0.15) is 20.8 Å². The summed E-state index contributed by atoms with van der Waals surface area (Å²) in [6.07, 6.45) is 5.45. The van der Waals surface area contributed by atoms with Gasteiger partial charge in [0.15, 0.2) is 0 Å². The third kappa shape index (κ3) is 6.26. The number of ether oxygens (including phenoxy) is 2. The monoisotopic (exact) mass is 670 g/mol. The first-order chi connectivity index (χ1) is 18.9. The molecule has 3 aromatic heterocycles. The summed E-state index contributed by atoms with van der Waals surface area (Å²) in [5.74, 6) is 1.19. The summed E-state index contributed by atoms with van der Waals surface area (Å²) in [5, 5.41) is 4.92. The molecule has 0 N–H and O–H groups in total. The summed E-state index contributed by atoms with van der Waals surface area (Å²) in [5.41, 5.74) is 4.36. The van der Waals surface area contributed by atoms with Crippen molar-refractivity contribution in [2.24, 2.45) is 0 Å². The van der Waals surface area contributed by atoms with Gasteiger partial charge in [-0.25, -0.2) is 4.68 Å². The van der Waals surface area contributed by atoms with Crippen molar-refractivity contribution in [2.45, 2.75) is 13.1 Å². The highest BCUT2D eigenvalue weighted by Crippen LogP contribution is 2.31. The van der Waals surface area contributed by atoms with Crippen LogP contribution >= 0.6 is 45.5 Å². The zero-order chi connectivity index (χ0) is 27.4. The van der Waals surface area contributed by atoms with Gasteiger partial charge in [-0.15, -0.1) is 11.3 Å². The van der Waals surface area contributed by atoms with Gasteiger partial charge in [-0.3, -0.25) is 9.78 Å². The van der Waals surface area contributed by atoms with Crippen LogP contribution in [0.25, 0.3) is 16.9 Å². The molecule has 39 heavy (non-hydrogen) atoms. The van der Waals surface area contributed by atoms with Gasteiger partial charge < -0.3 is 14.4 Å². The van der Waals surface area contributed by atoms with Gasteiger partial charge in [-0.2, -0.15) is 5.10 Å². The van der Waals surface area contributed by atoms with Gasteiger partial charge in [0.2, 0.25) is 0 Å². The molecule has 7 nitrogen and oxygen atoms in total. The molecule has 5 rings (SSSR count). The Hall–Kier alpha value is -3.41. The van der Waals surface area contributed by atoms with Crippen molar-refractivity contribution in [3.63, 3.8) is 0 Å². The second-order valence-corrected chi connectivity index (χ2v) is 11.6. The predicted molar refractivity (Wildman–Crippen MR) is 162 cm³/mol. The van der Waals surface area contributed by atoms with E-state index in [2.05, 4.69) is 27.6 Å². The van der Waals surface area contributed by atoms with E-state index in [1.54, 1.807) is 43.6 Å². The predicted octanol–water partition coefficient (Wildman–Crippen LogP) is 7.11. The Labute approximate surface area is 249 Å². The van der Waals surface area contributed by atoms with Crippen LogP contribution < -0.4 is 9.47 Å². The fourth-order valence-electron chi connectivity index (χ4n) is 4.18. The third-order valence-corrected chi connectivity index (χ3v) is 8.06. The van der Waals surface area contributed by atoms with Gasteiger partial charge in [0.1, 0.15) is 11.5 Å². The van der Waals surface area contributed by atoms with Crippen LogP contribution in [-0.2, 0) is 13.1 Å². The number of carbonyl (C=O) groups excluding carboxylic acids is 1. The van der Waals surface area contributed by atoms with E-state index in [0.29, 0.717) is 33.8 Å². The zero-order valence-corrected chi connectivity index (χ0v) is 24.9. The summed E-state index contributed by atoms with van der Waals surface area (Å²) in [4.78, 5) is 20.3. The highest BCUT2D eigenvalue weighted by Gasteiger charge is 2.23. The van der Waals surface area contributed by atoms with Crippen LogP contribution in [0, 0.1) is 3.57 Å². The average Bonchev–Trinajstić information content (AvgIpc) is 3.59. The summed E-state index contributed by atoms with van der Waals surface area (Å²) >= 11 is 9.73. The maximum Gasteiger partial charge on any atom is 0.264 e. The summed E-state index contributed by atoms with van der Waals surface area (Å²) in [6.45, 7) is 0.623. The Balaban J connectivity index is 1.57. The normalized spacial score (nSPS) is 10.9. The van der Waals surface area contributed by atoms with E-state index in [9.17, 15) is 4.79 Å². The van der Waals surface area contributed by atoms with E-state index < -0.39 is 0 Å². The Bertz CT molecular complexity index is 1590. The molecule has 0 aliphatic rings. The van der Waals surface area contributed by atoms with Crippen LogP contribution in [0.5, 0.6) is 11.5 Å². The lowest BCUT2D eigenvalue weighted by atomic mass is 10.1. The van der Waals surface area contributed by atoms with E-state index in [1.165, 1.54) is 11.3 Å². The summed E-state index contributed by atoms with van der Waals surface area (Å²) in [6, 6.07) is 21.0. The van der Waals surface area contributed by atoms with Crippen LogP contribution in [-0.4, -0.2) is 39.8 Å². The molecule has 0 aliphatic heterocycles. The summed E-state index contributed by atoms with van der Waals surface area (Å²) < 4.78 is 14.5. The minimum Gasteiger partial charge on any atom is -0.497 e. The van der Waals surface area contributed by atoms with E-state index in [-0.39, 0.29) is 5.91 Å². The summed E-state index contributed by atoms with van der Waals surface area (Å²) in [7, 11) is 3.22. The second-order valence-electron chi connectivity index (χ2n) is 8.60. The number of halogens is 2. The lowest BCUT2D eigenvalue weighted by Gasteiger charge is -2.23.